The van der Waals surface area contributed by atoms with E-state index in [0.29, 0.717) is 0 Å². The monoisotopic (exact) mass is 232 g/mol. The van der Waals surface area contributed by atoms with Crippen molar-refractivity contribution in [3.05, 3.63) is 53.4 Å². The molecule has 1 nitrogen and oxygen atoms in total. The molecule has 1 N–H and O–H groups in total. The highest BCUT2D eigenvalue weighted by Gasteiger charge is 2.36. The largest absolute Gasteiger partial charge is 0.381 e. The molecule has 16 heavy (non-hydrogen) atoms. The first-order chi connectivity index (χ1) is 7.30. The Kier molecular flexibility index (Phi) is 3.59. The van der Waals surface area contributed by atoms with E-state index in [1.807, 2.05) is 37.3 Å². The molecule has 0 aromatic heterocycles. The Morgan fingerprint density at radius 2 is 1.75 bits per heavy atom. The second-order valence-corrected chi connectivity index (χ2v) is 10.2. The van der Waals surface area contributed by atoms with Gasteiger partial charge in [0.1, 0.15) is 5.60 Å². The van der Waals surface area contributed by atoms with Crippen molar-refractivity contribution in [1.82, 2.24) is 0 Å². The van der Waals surface area contributed by atoms with Gasteiger partial charge in [-0.25, -0.2) is 0 Å². The summed E-state index contributed by atoms with van der Waals surface area (Å²) in [6.45, 7) is 12.1. The SMILES string of the molecule is C=C=C([C@@](C)(O)c1ccccc1)[Si](C)(C)C. The Labute approximate surface area is 99.1 Å². The van der Waals surface area contributed by atoms with Crippen LogP contribution in [-0.4, -0.2) is 13.2 Å². The zero-order valence-corrected chi connectivity index (χ0v) is 11.5. The van der Waals surface area contributed by atoms with Gasteiger partial charge < -0.3 is 5.11 Å². The van der Waals surface area contributed by atoms with Gasteiger partial charge in [-0.15, -0.1) is 5.73 Å². The van der Waals surface area contributed by atoms with Crippen LogP contribution in [0.2, 0.25) is 19.6 Å². The summed E-state index contributed by atoms with van der Waals surface area (Å²) in [6, 6.07) is 9.71. The van der Waals surface area contributed by atoms with Crippen LogP contribution in [0.5, 0.6) is 0 Å². The third-order valence-electron chi connectivity index (χ3n) is 2.75. The standard InChI is InChI=1S/C14H20OSi/c1-6-13(16(3,4)5)14(2,15)12-10-8-7-9-11-12/h7-11,15H,1H2,2-5H3/t14-/m0/s1. The van der Waals surface area contributed by atoms with E-state index in [-0.39, 0.29) is 0 Å². The molecule has 0 radical (unpaired) electrons. The van der Waals surface area contributed by atoms with Crippen LogP contribution >= 0.6 is 0 Å². The number of benzene rings is 1. The topological polar surface area (TPSA) is 20.2 Å². The zero-order chi connectivity index (χ0) is 12.4. The zero-order valence-electron chi connectivity index (χ0n) is 10.5. The van der Waals surface area contributed by atoms with Crippen LogP contribution in [-0.2, 0) is 5.60 Å². The molecular formula is C14H20OSi. The Hall–Kier alpha value is -1.08. The van der Waals surface area contributed by atoms with E-state index in [0.717, 1.165) is 10.8 Å². The molecule has 0 heterocycles. The predicted octanol–water partition coefficient (Wildman–Crippen LogP) is 3.48. The molecule has 0 spiro atoms. The highest BCUT2D eigenvalue weighted by atomic mass is 28.3. The van der Waals surface area contributed by atoms with Crippen LogP contribution < -0.4 is 0 Å². The molecule has 1 atom stereocenters. The number of rotatable bonds is 3. The predicted molar refractivity (Wildman–Crippen MR) is 72.0 cm³/mol. The summed E-state index contributed by atoms with van der Waals surface area (Å²) in [5.74, 6) is 0. The lowest BCUT2D eigenvalue weighted by Gasteiger charge is -2.33. The molecule has 0 saturated carbocycles. The quantitative estimate of drug-likeness (QED) is 0.625. The summed E-state index contributed by atoms with van der Waals surface area (Å²) in [7, 11) is -1.61. The van der Waals surface area contributed by atoms with Crippen molar-refractivity contribution in [3.8, 4) is 0 Å². The number of aliphatic hydroxyl groups is 1. The molecule has 86 valence electrons. The van der Waals surface area contributed by atoms with Gasteiger partial charge >= 0.3 is 0 Å². The normalized spacial score (nSPS) is 15.1. The van der Waals surface area contributed by atoms with Crippen LogP contribution in [0.15, 0.2) is 47.8 Å². The maximum absolute atomic E-state index is 10.7. The molecule has 0 unspecified atom stereocenters. The fraction of sp³-hybridized carbons (Fsp3) is 0.357. The lowest BCUT2D eigenvalue weighted by Crippen LogP contribution is -2.38. The average Bonchev–Trinajstić information content (AvgIpc) is 2.17. The second kappa shape index (κ2) is 4.42. The maximum Gasteiger partial charge on any atom is 0.111 e. The van der Waals surface area contributed by atoms with Gasteiger partial charge in [0.15, 0.2) is 0 Å². The summed E-state index contributed by atoms with van der Waals surface area (Å²) >= 11 is 0. The molecule has 0 aliphatic rings. The van der Waals surface area contributed by atoms with E-state index in [2.05, 4.69) is 32.0 Å². The van der Waals surface area contributed by atoms with Crippen LogP contribution in [0.1, 0.15) is 12.5 Å². The first kappa shape index (κ1) is 13.0. The number of hydrogen-bond acceptors (Lipinski definition) is 1. The Morgan fingerprint density at radius 1 is 1.25 bits per heavy atom. The van der Waals surface area contributed by atoms with E-state index >= 15 is 0 Å². The molecule has 0 aliphatic carbocycles. The van der Waals surface area contributed by atoms with Gasteiger partial charge in [0, 0.05) is 0 Å². The smallest absolute Gasteiger partial charge is 0.111 e. The Balaban J connectivity index is 3.27. The minimum Gasteiger partial charge on any atom is -0.381 e. The van der Waals surface area contributed by atoms with Crippen molar-refractivity contribution >= 4 is 8.07 Å². The first-order valence-electron chi connectivity index (χ1n) is 5.49. The minimum absolute atomic E-state index is 0.906. The first-order valence-corrected chi connectivity index (χ1v) is 8.99. The van der Waals surface area contributed by atoms with Crippen molar-refractivity contribution in [2.45, 2.75) is 32.2 Å². The molecule has 1 aromatic carbocycles. The third-order valence-corrected chi connectivity index (χ3v) is 4.91. The Morgan fingerprint density at radius 3 is 2.12 bits per heavy atom. The van der Waals surface area contributed by atoms with E-state index in [1.54, 1.807) is 0 Å². The van der Waals surface area contributed by atoms with E-state index in [9.17, 15) is 5.11 Å². The van der Waals surface area contributed by atoms with Gasteiger partial charge in [-0.1, -0.05) is 56.6 Å². The molecule has 0 fully saturated rings. The van der Waals surface area contributed by atoms with Gasteiger partial charge in [-0.3, -0.25) is 0 Å². The van der Waals surface area contributed by atoms with E-state index < -0.39 is 13.7 Å². The third kappa shape index (κ3) is 2.53. The molecular weight excluding hydrogens is 212 g/mol. The van der Waals surface area contributed by atoms with Gasteiger partial charge in [-0.05, 0) is 17.7 Å². The molecule has 0 bridgehead atoms. The van der Waals surface area contributed by atoms with Crippen molar-refractivity contribution in [2.75, 3.05) is 0 Å². The highest BCUT2D eigenvalue weighted by molar-refractivity contribution is 6.83. The van der Waals surface area contributed by atoms with Gasteiger partial charge in [-0.2, -0.15) is 0 Å². The van der Waals surface area contributed by atoms with Crippen molar-refractivity contribution in [1.29, 1.82) is 0 Å². The fourth-order valence-corrected chi connectivity index (χ4v) is 4.21. The summed E-state index contributed by atoms with van der Waals surface area (Å²) in [6.07, 6.45) is 0. The average molecular weight is 232 g/mol. The van der Waals surface area contributed by atoms with Crippen molar-refractivity contribution in [2.24, 2.45) is 0 Å². The van der Waals surface area contributed by atoms with Gasteiger partial charge in [0.2, 0.25) is 0 Å². The van der Waals surface area contributed by atoms with E-state index in [4.69, 9.17) is 0 Å². The molecule has 0 aliphatic heterocycles. The summed E-state index contributed by atoms with van der Waals surface area (Å²) in [4.78, 5) is 0. The fourth-order valence-electron chi connectivity index (χ4n) is 2.07. The van der Waals surface area contributed by atoms with Gasteiger partial charge in [0.05, 0.1) is 8.07 Å². The lowest BCUT2D eigenvalue weighted by molar-refractivity contribution is 0.105. The van der Waals surface area contributed by atoms with Crippen molar-refractivity contribution < 1.29 is 5.11 Å². The van der Waals surface area contributed by atoms with E-state index in [1.165, 1.54) is 0 Å². The molecule has 1 rings (SSSR count). The summed E-state index contributed by atoms with van der Waals surface area (Å²) in [5, 5.41) is 11.6. The summed E-state index contributed by atoms with van der Waals surface area (Å²) < 4.78 is 0. The van der Waals surface area contributed by atoms with Crippen LogP contribution in [0, 0.1) is 0 Å². The molecule has 0 saturated heterocycles. The Bertz CT molecular complexity index is 406. The van der Waals surface area contributed by atoms with Crippen LogP contribution in [0.3, 0.4) is 0 Å². The van der Waals surface area contributed by atoms with Crippen LogP contribution in [0.25, 0.3) is 0 Å². The molecule has 1 aromatic rings. The van der Waals surface area contributed by atoms with Crippen LogP contribution in [0.4, 0.5) is 0 Å². The van der Waals surface area contributed by atoms with Crippen molar-refractivity contribution in [3.63, 3.8) is 0 Å². The second-order valence-electron chi connectivity index (χ2n) is 5.24. The van der Waals surface area contributed by atoms with Gasteiger partial charge in [0.25, 0.3) is 0 Å². The number of hydrogen-bond donors (Lipinski definition) is 1. The minimum atomic E-state index is -1.61. The summed E-state index contributed by atoms with van der Waals surface area (Å²) in [5.41, 5.74) is 2.91. The molecule has 0 amide bonds. The molecule has 2 heteroatoms. The maximum atomic E-state index is 10.7. The highest BCUT2D eigenvalue weighted by Crippen LogP contribution is 2.33. The lowest BCUT2D eigenvalue weighted by atomic mass is 9.96.